The summed E-state index contributed by atoms with van der Waals surface area (Å²) in [6.45, 7) is 3.74. The lowest BCUT2D eigenvalue weighted by Gasteiger charge is -2.06. The Hall–Kier alpha value is -1.06. The van der Waals surface area contributed by atoms with Gasteiger partial charge in [0.25, 0.3) is 0 Å². The molecule has 0 aliphatic rings. The van der Waals surface area contributed by atoms with Crippen molar-refractivity contribution in [2.75, 3.05) is 7.11 Å². The summed E-state index contributed by atoms with van der Waals surface area (Å²) in [5.74, 6) is -0.468. The molecular weight excluding hydrogens is 158 g/mol. The first-order valence-corrected chi connectivity index (χ1v) is 3.92. The van der Waals surface area contributed by atoms with Gasteiger partial charge in [0.15, 0.2) is 0 Å². The summed E-state index contributed by atoms with van der Waals surface area (Å²) in [6, 6.07) is 0.121. The molecule has 0 saturated heterocycles. The largest absolute Gasteiger partial charge is 0.469 e. The van der Waals surface area contributed by atoms with Crippen LogP contribution in [0.1, 0.15) is 26.7 Å². The summed E-state index contributed by atoms with van der Waals surface area (Å²) in [7, 11) is 1.31. The Bertz CT molecular complexity index is 166. The van der Waals surface area contributed by atoms with Gasteiger partial charge in [0.05, 0.1) is 13.5 Å². The molecule has 0 aromatic rings. The first kappa shape index (κ1) is 10.9. The number of nitrogens with one attached hydrogen (secondary N) is 1. The minimum atomic E-state index is -0.353. The maximum absolute atomic E-state index is 11.0. The minimum Gasteiger partial charge on any atom is -0.469 e. The van der Waals surface area contributed by atoms with E-state index in [4.69, 9.17) is 0 Å². The van der Waals surface area contributed by atoms with Crippen LogP contribution in [0.5, 0.6) is 0 Å². The normalized spacial score (nSPS) is 9.67. The van der Waals surface area contributed by atoms with E-state index >= 15 is 0 Å². The topological polar surface area (TPSA) is 55.4 Å². The van der Waals surface area contributed by atoms with E-state index in [1.54, 1.807) is 0 Å². The van der Waals surface area contributed by atoms with Crippen LogP contribution in [0.3, 0.4) is 0 Å². The Morgan fingerprint density at radius 1 is 1.33 bits per heavy atom. The summed E-state index contributed by atoms with van der Waals surface area (Å²) >= 11 is 0. The van der Waals surface area contributed by atoms with E-state index in [0.717, 1.165) is 0 Å². The summed E-state index contributed by atoms with van der Waals surface area (Å²) in [6.07, 6.45) is 0.347. The predicted molar refractivity (Wildman–Crippen MR) is 44.5 cm³/mol. The van der Waals surface area contributed by atoms with Crippen molar-refractivity contribution < 1.29 is 14.3 Å². The Morgan fingerprint density at radius 3 is 2.33 bits per heavy atom. The number of carbonyl (C=O) groups excluding carboxylic acids is 2. The average molecular weight is 173 g/mol. The molecule has 70 valence electrons. The molecule has 0 spiro atoms. The molecule has 0 radical (unpaired) electrons. The molecule has 4 heteroatoms. The zero-order chi connectivity index (χ0) is 9.56. The van der Waals surface area contributed by atoms with Gasteiger partial charge in [0, 0.05) is 12.5 Å². The molecule has 0 saturated carbocycles. The molecule has 4 nitrogen and oxygen atoms in total. The molecule has 0 bridgehead atoms. The van der Waals surface area contributed by atoms with Crippen molar-refractivity contribution in [3.8, 4) is 0 Å². The van der Waals surface area contributed by atoms with Gasteiger partial charge >= 0.3 is 5.97 Å². The van der Waals surface area contributed by atoms with Crippen LogP contribution in [0.4, 0.5) is 0 Å². The van der Waals surface area contributed by atoms with Gasteiger partial charge < -0.3 is 10.1 Å². The molecule has 12 heavy (non-hydrogen) atoms. The van der Waals surface area contributed by atoms with Crippen LogP contribution in [-0.4, -0.2) is 25.0 Å². The third kappa shape index (κ3) is 5.70. The second kappa shape index (κ2) is 5.57. The summed E-state index contributed by atoms with van der Waals surface area (Å²) < 4.78 is 4.39. The highest BCUT2D eigenvalue weighted by atomic mass is 16.5. The standard InChI is InChI=1S/C8H15NO3/c1-6(2)9-7(10)4-5-8(11)12-3/h6H,4-5H2,1-3H3,(H,9,10). The van der Waals surface area contributed by atoms with Crippen molar-refractivity contribution in [2.24, 2.45) is 0 Å². The molecular formula is C8H15NO3. The number of hydrogen-bond acceptors (Lipinski definition) is 3. The van der Waals surface area contributed by atoms with Crippen molar-refractivity contribution in [1.29, 1.82) is 0 Å². The molecule has 1 N–H and O–H groups in total. The summed E-state index contributed by atoms with van der Waals surface area (Å²) in [5.41, 5.74) is 0. The van der Waals surface area contributed by atoms with Gasteiger partial charge in [-0.15, -0.1) is 0 Å². The molecule has 0 atom stereocenters. The number of carbonyl (C=O) groups is 2. The lowest BCUT2D eigenvalue weighted by Crippen LogP contribution is -2.30. The third-order valence-electron chi connectivity index (χ3n) is 1.23. The van der Waals surface area contributed by atoms with E-state index in [-0.39, 0.29) is 30.8 Å². The number of amides is 1. The second-order valence-electron chi connectivity index (χ2n) is 2.80. The van der Waals surface area contributed by atoms with Gasteiger partial charge in [-0.2, -0.15) is 0 Å². The Labute approximate surface area is 72.3 Å². The summed E-state index contributed by atoms with van der Waals surface area (Å²) in [4.78, 5) is 21.6. The van der Waals surface area contributed by atoms with Gasteiger partial charge in [0.2, 0.25) is 5.91 Å². The van der Waals surface area contributed by atoms with Gasteiger partial charge in [-0.3, -0.25) is 9.59 Å². The van der Waals surface area contributed by atoms with Crippen molar-refractivity contribution in [3.05, 3.63) is 0 Å². The van der Waals surface area contributed by atoms with Crippen LogP contribution in [0.25, 0.3) is 0 Å². The van der Waals surface area contributed by atoms with Gasteiger partial charge in [-0.1, -0.05) is 0 Å². The van der Waals surface area contributed by atoms with E-state index in [1.807, 2.05) is 13.8 Å². The second-order valence-corrected chi connectivity index (χ2v) is 2.80. The highest BCUT2D eigenvalue weighted by Crippen LogP contribution is 1.92. The van der Waals surface area contributed by atoms with Gasteiger partial charge in [-0.05, 0) is 13.8 Å². The first-order valence-electron chi connectivity index (χ1n) is 3.92. The molecule has 0 fully saturated rings. The fraction of sp³-hybridized carbons (Fsp3) is 0.750. The molecule has 0 heterocycles. The van der Waals surface area contributed by atoms with Crippen LogP contribution in [-0.2, 0) is 14.3 Å². The fourth-order valence-electron chi connectivity index (χ4n) is 0.712. The maximum atomic E-state index is 11.0. The van der Waals surface area contributed by atoms with Crippen LogP contribution < -0.4 is 5.32 Å². The molecule has 0 aromatic carbocycles. The van der Waals surface area contributed by atoms with Gasteiger partial charge in [0.1, 0.15) is 0 Å². The molecule has 0 aliphatic carbocycles. The third-order valence-corrected chi connectivity index (χ3v) is 1.23. The van der Waals surface area contributed by atoms with Gasteiger partial charge in [-0.25, -0.2) is 0 Å². The van der Waals surface area contributed by atoms with Crippen molar-refractivity contribution in [2.45, 2.75) is 32.7 Å². The Kier molecular flexibility index (Phi) is 5.08. The van der Waals surface area contributed by atoms with Crippen molar-refractivity contribution in [1.82, 2.24) is 5.32 Å². The monoisotopic (exact) mass is 173 g/mol. The van der Waals surface area contributed by atoms with Crippen molar-refractivity contribution >= 4 is 11.9 Å². The fourth-order valence-corrected chi connectivity index (χ4v) is 0.712. The molecule has 0 unspecified atom stereocenters. The lowest BCUT2D eigenvalue weighted by atomic mass is 10.3. The van der Waals surface area contributed by atoms with Crippen molar-refractivity contribution in [3.63, 3.8) is 0 Å². The zero-order valence-corrected chi connectivity index (χ0v) is 7.72. The molecule has 0 aliphatic heterocycles. The quantitative estimate of drug-likeness (QED) is 0.628. The Balaban J connectivity index is 3.51. The molecule has 0 aromatic heterocycles. The maximum Gasteiger partial charge on any atom is 0.306 e. The van der Waals surface area contributed by atoms with E-state index in [0.29, 0.717) is 0 Å². The number of ether oxygens (including phenoxy) is 1. The summed E-state index contributed by atoms with van der Waals surface area (Å²) in [5, 5.41) is 2.68. The lowest BCUT2D eigenvalue weighted by molar-refractivity contribution is -0.142. The molecule has 1 amide bonds. The number of esters is 1. The van der Waals surface area contributed by atoms with E-state index < -0.39 is 0 Å². The SMILES string of the molecule is COC(=O)CCC(=O)NC(C)C. The smallest absolute Gasteiger partial charge is 0.306 e. The van der Waals surface area contributed by atoms with Crippen LogP contribution in [0, 0.1) is 0 Å². The highest BCUT2D eigenvalue weighted by Gasteiger charge is 2.06. The van der Waals surface area contributed by atoms with E-state index in [2.05, 4.69) is 10.1 Å². The predicted octanol–water partition coefficient (Wildman–Crippen LogP) is 0.464. The number of rotatable bonds is 4. The highest BCUT2D eigenvalue weighted by molar-refractivity contribution is 5.81. The number of hydrogen-bond donors (Lipinski definition) is 1. The van der Waals surface area contributed by atoms with Crippen LogP contribution in [0.15, 0.2) is 0 Å². The van der Waals surface area contributed by atoms with Crippen LogP contribution >= 0.6 is 0 Å². The Morgan fingerprint density at radius 2 is 1.92 bits per heavy atom. The molecule has 0 rings (SSSR count). The minimum absolute atomic E-state index is 0.115. The number of methoxy groups -OCH3 is 1. The zero-order valence-electron chi connectivity index (χ0n) is 7.72. The van der Waals surface area contributed by atoms with E-state index in [9.17, 15) is 9.59 Å². The van der Waals surface area contributed by atoms with Crippen LogP contribution in [0.2, 0.25) is 0 Å². The van der Waals surface area contributed by atoms with E-state index in [1.165, 1.54) is 7.11 Å². The average Bonchev–Trinajstić information content (AvgIpc) is 1.99. The first-order chi connectivity index (χ1) is 5.56.